The third-order valence-electron chi connectivity index (χ3n) is 3.44. The van der Waals surface area contributed by atoms with Crippen molar-refractivity contribution in [2.24, 2.45) is 5.92 Å². The standard InChI is InChI=1S/C13H20N2O2/c1-3-7-14-13(16)9(2)15-11-6-8-17-12(11)10-4-5-10/h1,9-12,15H,4-8H2,2H3,(H,14,16). The van der Waals surface area contributed by atoms with E-state index in [4.69, 9.17) is 11.2 Å². The van der Waals surface area contributed by atoms with Gasteiger partial charge in [-0.2, -0.15) is 0 Å². The summed E-state index contributed by atoms with van der Waals surface area (Å²) in [6, 6.07) is 0.102. The highest BCUT2D eigenvalue weighted by atomic mass is 16.5. The van der Waals surface area contributed by atoms with Crippen molar-refractivity contribution in [3.63, 3.8) is 0 Å². The van der Waals surface area contributed by atoms with Gasteiger partial charge < -0.3 is 15.4 Å². The molecular formula is C13H20N2O2. The maximum atomic E-state index is 11.7. The summed E-state index contributed by atoms with van der Waals surface area (Å²) in [6.07, 6.45) is 8.93. The van der Waals surface area contributed by atoms with Crippen molar-refractivity contribution in [3.8, 4) is 12.3 Å². The molecule has 0 aromatic heterocycles. The fourth-order valence-electron chi connectivity index (χ4n) is 2.37. The lowest BCUT2D eigenvalue weighted by Gasteiger charge is -2.23. The van der Waals surface area contributed by atoms with Gasteiger partial charge in [-0.3, -0.25) is 4.79 Å². The molecule has 0 aromatic rings. The Morgan fingerprint density at radius 3 is 2.94 bits per heavy atom. The third-order valence-corrected chi connectivity index (χ3v) is 3.44. The normalized spacial score (nSPS) is 29.6. The van der Waals surface area contributed by atoms with Gasteiger partial charge in [-0.1, -0.05) is 5.92 Å². The molecule has 0 radical (unpaired) electrons. The van der Waals surface area contributed by atoms with Crippen molar-refractivity contribution in [3.05, 3.63) is 0 Å². The summed E-state index contributed by atoms with van der Waals surface area (Å²) >= 11 is 0. The minimum absolute atomic E-state index is 0.0376. The van der Waals surface area contributed by atoms with Crippen LogP contribution >= 0.6 is 0 Å². The molecular weight excluding hydrogens is 216 g/mol. The van der Waals surface area contributed by atoms with Gasteiger partial charge in [0.2, 0.25) is 5.91 Å². The van der Waals surface area contributed by atoms with E-state index in [1.54, 1.807) is 0 Å². The molecule has 1 aliphatic heterocycles. The van der Waals surface area contributed by atoms with E-state index >= 15 is 0 Å². The average Bonchev–Trinajstić information content (AvgIpc) is 3.07. The van der Waals surface area contributed by atoms with E-state index in [2.05, 4.69) is 16.6 Å². The second kappa shape index (κ2) is 5.52. The maximum absolute atomic E-state index is 11.7. The third kappa shape index (κ3) is 3.21. The Morgan fingerprint density at radius 2 is 2.29 bits per heavy atom. The number of carbonyl (C=O) groups excluding carboxylic acids is 1. The van der Waals surface area contributed by atoms with E-state index in [1.165, 1.54) is 12.8 Å². The highest BCUT2D eigenvalue weighted by molar-refractivity contribution is 5.81. The zero-order chi connectivity index (χ0) is 12.3. The maximum Gasteiger partial charge on any atom is 0.237 e. The van der Waals surface area contributed by atoms with Gasteiger partial charge in [0, 0.05) is 12.6 Å². The predicted octanol–water partition coefficient (Wildman–Crippen LogP) is 0.281. The summed E-state index contributed by atoms with van der Waals surface area (Å²) in [5, 5.41) is 6.04. The molecule has 4 nitrogen and oxygen atoms in total. The van der Waals surface area contributed by atoms with Crippen LogP contribution in [-0.4, -0.2) is 37.2 Å². The van der Waals surface area contributed by atoms with Crippen LogP contribution in [-0.2, 0) is 9.53 Å². The zero-order valence-electron chi connectivity index (χ0n) is 10.2. The summed E-state index contributed by atoms with van der Waals surface area (Å²) < 4.78 is 5.72. The molecule has 0 bridgehead atoms. The van der Waals surface area contributed by atoms with Crippen LogP contribution in [0.3, 0.4) is 0 Å². The van der Waals surface area contributed by atoms with Crippen LogP contribution in [0, 0.1) is 18.3 Å². The molecule has 1 saturated heterocycles. The molecule has 1 amide bonds. The molecule has 94 valence electrons. The molecule has 17 heavy (non-hydrogen) atoms. The monoisotopic (exact) mass is 236 g/mol. The van der Waals surface area contributed by atoms with Crippen LogP contribution in [0.15, 0.2) is 0 Å². The summed E-state index contributed by atoms with van der Waals surface area (Å²) in [7, 11) is 0. The SMILES string of the molecule is C#CCNC(=O)C(C)NC1CCOC1C1CC1. The lowest BCUT2D eigenvalue weighted by Crippen LogP contribution is -2.49. The average molecular weight is 236 g/mol. The highest BCUT2D eigenvalue weighted by Gasteiger charge is 2.41. The topological polar surface area (TPSA) is 50.4 Å². The van der Waals surface area contributed by atoms with E-state index < -0.39 is 0 Å². The first-order chi connectivity index (χ1) is 8.22. The Morgan fingerprint density at radius 1 is 1.53 bits per heavy atom. The van der Waals surface area contributed by atoms with Crippen LogP contribution in [0.25, 0.3) is 0 Å². The summed E-state index contributed by atoms with van der Waals surface area (Å²) in [5.41, 5.74) is 0. The number of hydrogen-bond donors (Lipinski definition) is 2. The van der Waals surface area contributed by atoms with Gasteiger partial charge >= 0.3 is 0 Å². The molecule has 2 fully saturated rings. The van der Waals surface area contributed by atoms with Crippen LogP contribution in [0.2, 0.25) is 0 Å². The van der Waals surface area contributed by atoms with Crippen molar-refractivity contribution < 1.29 is 9.53 Å². The van der Waals surface area contributed by atoms with Crippen LogP contribution < -0.4 is 10.6 Å². The number of amides is 1. The number of carbonyl (C=O) groups is 1. The minimum atomic E-state index is -0.212. The van der Waals surface area contributed by atoms with E-state index in [0.717, 1.165) is 13.0 Å². The first-order valence-electron chi connectivity index (χ1n) is 6.31. The smallest absolute Gasteiger partial charge is 0.237 e. The molecule has 1 heterocycles. The van der Waals surface area contributed by atoms with Gasteiger partial charge in [0.25, 0.3) is 0 Å². The van der Waals surface area contributed by atoms with Crippen molar-refractivity contribution in [2.75, 3.05) is 13.2 Å². The van der Waals surface area contributed by atoms with Gasteiger partial charge in [-0.25, -0.2) is 0 Å². The molecule has 4 heteroatoms. The van der Waals surface area contributed by atoms with Gasteiger partial charge in [-0.05, 0) is 32.1 Å². The Labute approximate surface area is 102 Å². The second-order valence-corrected chi connectivity index (χ2v) is 4.88. The summed E-state index contributed by atoms with van der Waals surface area (Å²) in [6.45, 7) is 2.96. The van der Waals surface area contributed by atoms with Crippen LogP contribution in [0.4, 0.5) is 0 Å². The van der Waals surface area contributed by atoms with Crippen LogP contribution in [0.1, 0.15) is 26.2 Å². The predicted molar refractivity (Wildman–Crippen MR) is 65.3 cm³/mol. The van der Waals surface area contributed by atoms with Gasteiger partial charge in [0.05, 0.1) is 18.7 Å². The Balaban J connectivity index is 1.79. The van der Waals surface area contributed by atoms with E-state index in [9.17, 15) is 4.79 Å². The van der Waals surface area contributed by atoms with Crippen molar-refractivity contribution in [1.29, 1.82) is 0 Å². The van der Waals surface area contributed by atoms with Crippen molar-refractivity contribution in [1.82, 2.24) is 10.6 Å². The van der Waals surface area contributed by atoms with Crippen molar-refractivity contribution in [2.45, 2.75) is 44.4 Å². The quantitative estimate of drug-likeness (QED) is 0.674. The molecule has 0 spiro atoms. The zero-order valence-corrected chi connectivity index (χ0v) is 10.2. The van der Waals surface area contributed by atoms with Gasteiger partial charge in [-0.15, -0.1) is 6.42 Å². The number of terminal acetylenes is 1. The molecule has 2 N–H and O–H groups in total. The molecule has 1 aliphatic carbocycles. The number of ether oxygens (including phenoxy) is 1. The molecule has 3 unspecified atom stereocenters. The number of rotatable bonds is 5. The van der Waals surface area contributed by atoms with E-state index in [0.29, 0.717) is 18.1 Å². The van der Waals surface area contributed by atoms with Crippen molar-refractivity contribution >= 4 is 5.91 Å². The van der Waals surface area contributed by atoms with Gasteiger partial charge in [0.15, 0.2) is 0 Å². The highest BCUT2D eigenvalue weighted by Crippen LogP contribution is 2.38. The lowest BCUT2D eigenvalue weighted by atomic mass is 10.1. The largest absolute Gasteiger partial charge is 0.376 e. The van der Waals surface area contributed by atoms with Crippen LogP contribution in [0.5, 0.6) is 0 Å². The molecule has 1 saturated carbocycles. The van der Waals surface area contributed by atoms with Gasteiger partial charge in [0.1, 0.15) is 0 Å². The summed E-state index contributed by atoms with van der Waals surface area (Å²) in [4.78, 5) is 11.7. The second-order valence-electron chi connectivity index (χ2n) is 4.88. The number of hydrogen-bond acceptors (Lipinski definition) is 3. The summed E-state index contributed by atoms with van der Waals surface area (Å²) in [5.74, 6) is 3.07. The fraction of sp³-hybridized carbons (Fsp3) is 0.769. The Hall–Kier alpha value is -1.05. The number of nitrogens with one attached hydrogen (secondary N) is 2. The van der Waals surface area contributed by atoms with E-state index in [1.807, 2.05) is 6.92 Å². The Kier molecular flexibility index (Phi) is 4.03. The first kappa shape index (κ1) is 12.4. The minimum Gasteiger partial charge on any atom is -0.376 e. The molecule has 2 rings (SSSR count). The molecule has 0 aromatic carbocycles. The fourth-order valence-corrected chi connectivity index (χ4v) is 2.37. The molecule has 3 atom stereocenters. The molecule has 2 aliphatic rings. The lowest BCUT2D eigenvalue weighted by molar-refractivity contribution is -0.122. The first-order valence-corrected chi connectivity index (χ1v) is 6.31. The Bertz CT molecular complexity index is 320. The van der Waals surface area contributed by atoms with E-state index in [-0.39, 0.29) is 18.5 Å².